The Bertz CT molecular complexity index is 467. The van der Waals surface area contributed by atoms with Gasteiger partial charge in [0, 0.05) is 10.7 Å². The lowest BCUT2D eigenvalue weighted by atomic mass is 10.2. The molecule has 0 bridgehead atoms. The van der Waals surface area contributed by atoms with E-state index in [0.717, 1.165) is 29.4 Å². The molecular weight excluding hydrogens is 302 g/mol. The van der Waals surface area contributed by atoms with E-state index in [1.54, 1.807) is 4.90 Å². The van der Waals surface area contributed by atoms with Crippen LogP contribution in [0.5, 0.6) is 0 Å². The van der Waals surface area contributed by atoms with E-state index >= 15 is 0 Å². The van der Waals surface area contributed by atoms with Gasteiger partial charge in [-0.1, -0.05) is 17.7 Å². The minimum Gasteiger partial charge on any atom is -0.357 e. The smallest absolute Gasteiger partial charge is 0.170 e. The first-order valence-electron chi connectivity index (χ1n) is 7.47. The zero-order valence-corrected chi connectivity index (χ0v) is 15.2. The number of hydrogen-bond donors (Lipinski definition) is 3. The summed E-state index contributed by atoms with van der Waals surface area (Å²) in [7, 11) is 0. The van der Waals surface area contributed by atoms with Gasteiger partial charge in [-0.05, 0) is 64.5 Å². The maximum absolute atomic E-state index is 6.11. The average molecular weight is 329 g/mol. The number of hydrogen-bond acceptors (Lipinski definition) is 1. The van der Waals surface area contributed by atoms with E-state index in [9.17, 15) is 0 Å². The van der Waals surface area contributed by atoms with Gasteiger partial charge in [0.25, 0.3) is 0 Å². The summed E-state index contributed by atoms with van der Waals surface area (Å²) in [5.74, 6) is 0. The lowest BCUT2D eigenvalue weighted by molar-refractivity contribution is -0.941. The van der Waals surface area contributed by atoms with Gasteiger partial charge in [-0.25, -0.2) is 0 Å². The van der Waals surface area contributed by atoms with E-state index in [4.69, 9.17) is 23.8 Å². The number of thiocarbonyl (C=S) groups is 1. The van der Waals surface area contributed by atoms with Crippen molar-refractivity contribution in [2.45, 2.75) is 46.7 Å². The van der Waals surface area contributed by atoms with Crippen molar-refractivity contribution in [2.75, 3.05) is 18.4 Å². The second kappa shape index (κ2) is 8.57. The Morgan fingerprint density at radius 1 is 1.24 bits per heavy atom. The fourth-order valence-electron chi connectivity index (χ4n) is 2.41. The molecule has 0 radical (unpaired) electrons. The summed E-state index contributed by atoms with van der Waals surface area (Å²) in [5, 5.41) is 7.82. The fraction of sp³-hybridized carbons (Fsp3) is 0.562. The number of quaternary nitrogens is 1. The standard InChI is InChI=1S/C16H26ClN3S/c1-11(2)20(12(3)4)9-8-18-16(21)19-14-7-6-13(5)15(17)10-14/h6-7,10-12H,8-9H2,1-5H3,(H2,18,19,21)/p+1. The third-order valence-electron chi connectivity index (χ3n) is 3.61. The highest BCUT2D eigenvalue weighted by atomic mass is 35.5. The van der Waals surface area contributed by atoms with Crippen LogP contribution in [0.4, 0.5) is 5.69 Å². The van der Waals surface area contributed by atoms with E-state index in [1.165, 1.54) is 0 Å². The molecule has 0 unspecified atom stereocenters. The Morgan fingerprint density at radius 3 is 2.38 bits per heavy atom. The molecule has 0 fully saturated rings. The molecule has 0 saturated heterocycles. The quantitative estimate of drug-likeness (QED) is 0.701. The van der Waals surface area contributed by atoms with Crippen molar-refractivity contribution in [3.8, 4) is 0 Å². The molecule has 0 atom stereocenters. The van der Waals surface area contributed by atoms with Gasteiger partial charge < -0.3 is 15.5 Å². The minimum atomic E-state index is 0.615. The predicted octanol–water partition coefficient (Wildman–Crippen LogP) is 2.64. The number of benzene rings is 1. The number of aryl methyl sites for hydroxylation is 1. The molecular formula is C16H27ClN3S+. The highest BCUT2D eigenvalue weighted by Gasteiger charge is 2.16. The van der Waals surface area contributed by atoms with Gasteiger partial charge in [-0.2, -0.15) is 0 Å². The van der Waals surface area contributed by atoms with Gasteiger partial charge in [0.15, 0.2) is 5.11 Å². The number of rotatable bonds is 6. The summed E-state index contributed by atoms with van der Waals surface area (Å²) in [6.45, 7) is 12.9. The number of halogens is 1. The third-order valence-corrected chi connectivity index (χ3v) is 4.27. The topological polar surface area (TPSA) is 28.5 Å². The van der Waals surface area contributed by atoms with Crippen LogP contribution in [0.2, 0.25) is 5.02 Å². The van der Waals surface area contributed by atoms with Crippen molar-refractivity contribution < 1.29 is 4.90 Å². The molecule has 0 aliphatic carbocycles. The predicted molar refractivity (Wildman–Crippen MR) is 96.5 cm³/mol. The van der Waals surface area contributed by atoms with Gasteiger partial charge in [-0.15, -0.1) is 0 Å². The molecule has 3 N–H and O–H groups in total. The fourth-order valence-corrected chi connectivity index (χ4v) is 2.81. The van der Waals surface area contributed by atoms with Crippen molar-refractivity contribution in [3.63, 3.8) is 0 Å². The maximum atomic E-state index is 6.11. The molecule has 3 nitrogen and oxygen atoms in total. The van der Waals surface area contributed by atoms with Gasteiger partial charge in [0.05, 0.1) is 25.2 Å². The van der Waals surface area contributed by atoms with Crippen molar-refractivity contribution in [3.05, 3.63) is 28.8 Å². The van der Waals surface area contributed by atoms with Crippen molar-refractivity contribution in [1.29, 1.82) is 0 Å². The van der Waals surface area contributed by atoms with Crippen molar-refractivity contribution >= 4 is 34.6 Å². The molecule has 0 aliphatic heterocycles. The largest absolute Gasteiger partial charge is 0.357 e. The number of nitrogens with one attached hydrogen (secondary N) is 3. The molecule has 21 heavy (non-hydrogen) atoms. The normalized spacial score (nSPS) is 11.3. The molecule has 5 heteroatoms. The lowest BCUT2D eigenvalue weighted by Crippen LogP contribution is -3.18. The molecule has 1 aromatic rings. The summed E-state index contributed by atoms with van der Waals surface area (Å²) in [6.07, 6.45) is 0. The molecule has 1 rings (SSSR count). The molecule has 118 valence electrons. The molecule has 0 spiro atoms. The van der Waals surface area contributed by atoms with Gasteiger partial charge >= 0.3 is 0 Å². The van der Waals surface area contributed by atoms with Crippen LogP contribution >= 0.6 is 23.8 Å². The van der Waals surface area contributed by atoms with E-state index in [1.807, 2.05) is 25.1 Å². The minimum absolute atomic E-state index is 0.615. The van der Waals surface area contributed by atoms with Crippen LogP contribution in [0.25, 0.3) is 0 Å². The summed E-state index contributed by atoms with van der Waals surface area (Å²) in [6, 6.07) is 7.09. The second-order valence-electron chi connectivity index (χ2n) is 5.98. The molecule has 0 aromatic heterocycles. The third kappa shape index (κ3) is 6.20. The molecule has 0 amide bonds. The van der Waals surface area contributed by atoms with Gasteiger partial charge in [0.1, 0.15) is 0 Å². The van der Waals surface area contributed by atoms with Crippen LogP contribution in [0.1, 0.15) is 33.3 Å². The zero-order valence-electron chi connectivity index (χ0n) is 13.6. The molecule has 0 heterocycles. The highest BCUT2D eigenvalue weighted by Crippen LogP contribution is 2.19. The van der Waals surface area contributed by atoms with Crippen LogP contribution < -0.4 is 15.5 Å². The van der Waals surface area contributed by atoms with Crippen LogP contribution in [0.3, 0.4) is 0 Å². The van der Waals surface area contributed by atoms with Crippen LogP contribution in [0.15, 0.2) is 18.2 Å². The monoisotopic (exact) mass is 328 g/mol. The van der Waals surface area contributed by atoms with E-state index in [-0.39, 0.29) is 0 Å². The molecule has 0 aliphatic rings. The van der Waals surface area contributed by atoms with E-state index in [2.05, 4.69) is 38.3 Å². The van der Waals surface area contributed by atoms with Crippen LogP contribution in [-0.4, -0.2) is 30.3 Å². The molecule has 0 saturated carbocycles. The first kappa shape index (κ1) is 18.2. The second-order valence-corrected chi connectivity index (χ2v) is 6.79. The zero-order chi connectivity index (χ0) is 16.0. The van der Waals surface area contributed by atoms with Crippen molar-refractivity contribution in [1.82, 2.24) is 5.32 Å². The Hall–Kier alpha value is -0.840. The summed E-state index contributed by atoms with van der Waals surface area (Å²) in [5.41, 5.74) is 1.98. The van der Waals surface area contributed by atoms with E-state index in [0.29, 0.717) is 17.2 Å². The number of anilines is 1. The Labute approximate surface area is 139 Å². The average Bonchev–Trinajstić information content (AvgIpc) is 2.38. The first-order chi connectivity index (χ1) is 9.81. The van der Waals surface area contributed by atoms with Crippen LogP contribution in [-0.2, 0) is 0 Å². The summed E-state index contributed by atoms with van der Waals surface area (Å²) < 4.78 is 0. The van der Waals surface area contributed by atoms with Crippen molar-refractivity contribution in [2.24, 2.45) is 0 Å². The first-order valence-corrected chi connectivity index (χ1v) is 8.26. The Balaban J connectivity index is 2.42. The summed E-state index contributed by atoms with van der Waals surface area (Å²) >= 11 is 11.4. The highest BCUT2D eigenvalue weighted by molar-refractivity contribution is 7.80. The van der Waals surface area contributed by atoms with E-state index < -0.39 is 0 Å². The SMILES string of the molecule is Cc1ccc(NC(=S)NCC[NH+](C(C)C)C(C)C)cc1Cl. The lowest BCUT2D eigenvalue weighted by Gasteiger charge is -2.27. The molecule has 1 aromatic carbocycles. The Morgan fingerprint density at radius 2 is 1.86 bits per heavy atom. The van der Waals surface area contributed by atoms with Crippen LogP contribution in [0, 0.1) is 6.92 Å². The van der Waals surface area contributed by atoms with Gasteiger partial charge in [0.2, 0.25) is 0 Å². The summed E-state index contributed by atoms with van der Waals surface area (Å²) in [4.78, 5) is 1.57. The van der Waals surface area contributed by atoms with Gasteiger partial charge in [-0.3, -0.25) is 0 Å². The Kier molecular flexibility index (Phi) is 7.43. The maximum Gasteiger partial charge on any atom is 0.170 e.